The van der Waals surface area contributed by atoms with Crippen molar-refractivity contribution in [2.24, 2.45) is 0 Å². The van der Waals surface area contributed by atoms with Crippen LogP contribution in [0.1, 0.15) is 11.1 Å². The molecule has 0 spiro atoms. The summed E-state index contributed by atoms with van der Waals surface area (Å²) in [7, 11) is 0. The number of rotatable bonds is 2. The van der Waals surface area contributed by atoms with Gasteiger partial charge in [-0.25, -0.2) is 0 Å². The molecule has 0 saturated heterocycles. The Kier molecular flexibility index (Phi) is 4.68. The Morgan fingerprint density at radius 1 is 0.512 bits per heavy atom. The molecule has 0 aliphatic heterocycles. The highest BCUT2D eigenvalue weighted by atomic mass is 16.3. The van der Waals surface area contributed by atoms with Gasteiger partial charge in [-0.1, -0.05) is 72.8 Å². The number of nitriles is 2. The van der Waals surface area contributed by atoms with Crippen molar-refractivity contribution >= 4 is 65.6 Å². The summed E-state index contributed by atoms with van der Waals surface area (Å²) in [6.45, 7) is 0. The predicted molar refractivity (Wildman–Crippen MR) is 172 cm³/mol. The van der Waals surface area contributed by atoms with E-state index >= 15 is 0 Å². The summed E-state index contributed by atoms with van der Waals surface area (Å²) in [4.78, 5) is 0. The van der Waals surface area contributed by atoms with Crippen LogP contribution in [0.3, 0.4) is 0 Å². The molecule has 0 aliphatic carbocycles. The first-order chi connectivity index (χ1) is 21.3. The molecule has 0 unspecified atom stereocenters. The van der Waals surface area contributed by atoms with E-state index in [0.29, 0.717) is 16.8 Å². The maximum absolute atomic E-state index is 10.4. The molecule has 6 aromatic carbocycles. The number of para-hydroxylation sites is 4. The first kappa shape index (κ1) is 23.4. The molecule has 43 heavy (non-hydrogen) atoms. The number of hydrogen-bond acceptors (Lipinski definition) is 3. The summed E-state index contributed by atoms with van der Waals surface area (Å²) >= 11 is 0. The van der Waals surface area contributed by atoms with Crippen LogP contribution < -0.4 is 0 Å². The minimum Gasteiger partial charge on any atom is -0.455 e. The van der Waals surface area contributed by atoms with Crippen LogP contribution in [0.15, 0.2) is 126 Å². The van der Waals surface area contributed by atoms with Crippen LogP contribution in [-0.2, 0) is 0 Å². The van der Waals surface area contributed by atoms with E-state index in [4.69, 9.17) is 4.42 Å². The van der Waals surface area contributed by atoms with Crippen LogP contribution in [-0.4, -0.2) is 9.13 Å². The third-order valence-corrected chi connectivity index (χ3v) is 8.59. The Morgan fingerprint density at radius 2 is 1.12 bits per heavy atom. The van der Waals surface area contributed by atoms with Gasteiger partial charge in [0.25, 0.3) is 0 Å². The zero-order chi connectivity index (χ0) is 28.7. The van der Waals surface area contributed by atoms with Crippen molar-refractivity contribution in [1.29, 1.82) is 10.5 Å². The van der Waals surface area contributed by atoms with Gasteiger partial charge < -0.3 is 13.6 Å². The van der Waals surface area contributed by atoms with Gasteiger partial charge in [-0.3, -0.25) is 0 Å². The number of hydrogen-bond donors (Lipinski definition) is 0. The third-order valence-electron chi connectivity index (χ3n) is 8.59. The van der Waals surface area contributed by atoms with E-state index in [9.17, 15) is 10.5 Å². The van der Waals surface area contributed by atoms with Crippen molar-refractivity contribution in [1.82, 2.24) is 9.13 Å². The van der Waals surface area contributed by atoms with Crippen LogP contribution in [0.4, 0.5) is 0 Å². The Hall–Kier alpha value is -6.30. The molecule has 0 amide bonds. The zero-order valence-electron chi connectivity index (χ0n) is 22.7. The third kappa shape index (κ3) is 3.08. The highest BCUT2D eigenvalue weighted by Crippen LogP contribution is 2.41. The molecule has 0 saturated carbocycles. The summed E-state index contributed by atoms with van der Waals surface area (Å²) in [6.07, 6.45) is 0. The molecule has 3 aromatic heterocycles. The predicted octanol–water partition coefficient (Wildman–Crippen LogP) is 9.52. The second-order valence-electron chi connectivity index (χ2n) is 10.8. The molecule has 5 heteroatoms. The van der Waals surface area contributed by atoms with Gasteiger partial charge in [-0.05, 0) is 48.5 Å². The minimum atomic E-state index is 0.326. The lowest BCUT2D eigenvalue weighted by atomic mass is 10.0. The Bertz CT molecular complexity index is 2650. The lowest BCUT2D eigenvalue weighted by Gasteiger charge is -2.15. The fourth-order valence-electron chi connectivity index (χ4n) is 6.82. The van der Waals surface area contributed by atoms with Crippen LogP contribution in [0.25, 0.3) is 76.9 Å². The average Bonchev–Trinajstić information content (AvgIpc) is 3.71. The van der Waals surface area contributed by atoms with Gasteiger partial charge >= 0.3 is 0 Å². The molecule has 5 nitrogen and oxygen atoms in total. The number of fused-ring (bicyclic) bond motifs is 10. The average molecular weight is 549 g/mol. The van der Waals surface area contributed by atoms with Gasteiger partial charge in [0.05, 0.1) is 44.3 Å². The van der Waals surface area contributed by atoms with Gasteiger partial charge in [0.1, 0.15) is 23.3 Å². The molecule has 0 aliphatic rings. The van der Waals surface area contributed by atoms with Gasteiger partial charge in [0.15, 0.2) is 0 Å². The van der Waals surface area contributed by atoms with Gasteiger partial charge in [0, 0.05) is 32.6 Å². The Balaban J connectivity index is 1.44. The summed E-state index contributed by atoms with van der Waals surface area (Å²) in [5.74, 6) is 0. The van der Waals surface area contributed by atoms with E-state index in [1.807, 2.05) is 66.7 Å². The smallest absolute Gasteiger partial charge is 0.145 e. The fourth-order valence-corrected chi connectivity index (χ4v) is 6.82. The van der Waals surface area contributed by atoms with Crippen LogP contribution in [0.2, 0.25) is 0 Å². The number of nitrogens with zero attached hydrogens (tertiary/aromatic N) is 4. The van der Waals surface area contributed by atoms with E-state index in [0.717, 1.165) is 71.2 Å². The molecule has 3 heterocycles. The normalized spacial score (nSPS) is 11.7. The monoisotopic (exact) mass is 548 g/mol. The molecule has 0 radical (unpaired) electrons. The Labute approximate surface area is 245 Å². The molecular formula is C38H20N4O. The van der Waals surface area contributed by atoms with E-state index < -0.39 is 0 Å². The van der Waals surface area contributed by atoms with E-state index in [-0.39, 0.29) is 0 Å². The topological polar surface area (TPSA) is 70.6 Å². The number of benzene rings is 6. The zero-order valence-corrected chi connectivity index (χ0v) is 22.7. The Morgan fingerprint density at radius 3 is 1.79 bits per heavy atom. The molecule has 198 valence electrons. The summed E-state index contributed by atoms with van der Waals surface area (Å²) in [5, 5.41) is 27.1. The minimum absolute atomic E-state index is 0.326. The van der Waals surface area contributed by atoms with Crippen molar-refractivity contribution in [2.75, 3.05) is 0 Å². The molecule has 0 atom stereocenters. The highest BCUT2D eigenvalue weighted by molar-refractivity contribution is 6.23. The molecule has 0 fully saturated rings. The van der Waals surface area contributed by atoms with Crippen LogP contribution in [0, 0.1) is 22.7 Å². The standard InChI is InChI=1S/C38H20N4O/c39-21-23-19-24(20-35(30(23)22-40)42-31-13-5-1-9-25(31)26-10-2-6-14-32(26)42)41-33-15-7-3-12-29(33)37-34(41)18-17-28-27-11-4-8-16-36(27)43-38(28)37/h1-20H. The summed E-state index contributed by atoms with van der Waals surface area (Å²) < 4.78 is 10.8. The largest absolute Gasteiger partial charge is 0.455 e. The van der Waals surface area contributed by atoms with Gasteiger partial charge in [-0.2, -0.15) is 10.5 Å². The van der Waals surface area contributed by atoms with Crippen molar-refractivity contribution in [2.45, 2.75) is 0 Å². The fraction of sp³-hybridized carbons (Fsp3) is 0. The van der Waals surface area contributed by atoms with Crippen LogP contribution >= 0.6 is 0 Å². The van der Waals surface area contributed by atoms with Gasteiger partial charge in [0.2, 0.25) is 0 Å². The molecule has 9 rings (SSSR count). The van der Waals surface area contributed by atoms with Crippen LogP contribution in [0.5, 0.6) is 0 Å². The van der Waals surface area contributed by atoms with Crippen molar-refractivity contribution < 1.29 is 4.42 Å². The van der Waals surface area contributed by atoms with E-state index in [2.05, 4.69) is 75.9 Å². The molecule has 9 aromatic rings. The summed E-state index contributed by atoms with van der Waals surface area (Å²) in [5.41, 5.74) is 7.75. The quantitative estimate of drug-likeness (QED) is 0.216. The van der Waals surface area contributed by atoms with Crippen molar-refractivity contribution in [3.05, 3.63) is 132 Å². The van der Waals surface area contributed by atoms with E-state index in [1.54, 1.807) is 0 Å². The second-order valence-corrected chi connectivity index (χ2v) is 10.8. The number of aromatic nitrogens is 2. The number of furan rings is 1. The maximum atomic E-state index is 10.4. The molecule has 0 bridgehead atoms. The first-order valence-corrected chi connectivity index (χ1v) is 14.1. The SMILES string of the molecule is N#Cc1cc(-n2c3ccccc3c3c4oc5ccccc5c4ccc32)cc(-n2c3ccccc3c3ccccc32)c1C#N. The molecular weight excluding hydrogens is 528 g/mol. The molecule has 0 N–H and O–H groups in total. The summed E-state index contributed by atoms with van der Waals surface area (Å²) in [6, 6.07) is 45.5. The van der Waals surface area contributed by atoms with Crippen molar-refractivity contribution in [3.8, 4) is 23.5 Å². The van der Waals surface area contributed by atoms with Gasteiger partial charge in [-0.15, -0.1) is 0 Å². The van der Waals surface area contributed by atoms with Crippen molar-refractivity contribution in [3.63, 3.8) is 0 Å². The lowest BCUT2D eigenvalue weighted by molar-refractivity contribution is 0.673. The maximum Gasteiger partial charge on any atom is 0.145 e. The van der Waals surface area contributed by atoms with E-state index in [1.165, 1.54) is 0 Å². The lowest BCUT2D eigenvalue weighted by Crippen LogP contribution is -2.04. The first-order valence-electron chi connectivity index (χ1n) is 14.1. The second kappa shape index (κ2) is 8.60. The highest BCUT2D eigenvalue weighted by Gasteiger charge is 2.22.